The van der Waals surface area contributed by atoms with Crippen molar-refractivity contribution in [3.8, 4) is 61.3 Å². The molecule has 0 saturated heterocycles. The molecule has 0 amide bonds. The molecule has 0 fully saturated rings. The lowest BCUT2D eigenvalue weighted by Gasteiger charge is -2.25. The van der Waals surface area contributed by atoms with Gasteiger partial charge in [-0.2, -0.15) is 0 Å². The molecule has 2 nitrogen and oxygen atoms in total. The van der Waals surface area contributed by atoms with E-state index >= 15 is 0 Å². The minimum Gasteiger partial charge on any atom is -0.345 e. The molecule has 0 atom stereocenters. The maximum Gasteiger partial charge on any atom is 0.0619 e. The summed E-state index contributed by atoms with van der Waals surface area (Å²) in [5.41, 5.74) is 23.8. The normalized spacial score (nSPS) is 11.5. The minimum atomic E-state index is -0.0203. The van der Waals surface area contributed by atoms with Crippen LogP contribution >= 0.6 is 0 Å². The number of para-hydroxylation sites is 1. The number of nitrogens with zero attached hydrogens (tertiary/aromatic N) is 2. The van der Waals surface area contributed by atoms with E-state index < -0.39 is 0 Å². The quantitative estimate of drug-likeness (QED) is 0.131. The Labute approximate surface area is 495 Å². The van der Waals surface area contributed by atoms with Gasteiger partial charge in [0.05, 0.1) is 11.0 Å². The van der Waals surface area contributed by atoms with Gasteiger partial charge in [-0.15, -0.1) is 0 Å². The molecule has 2 heteroatoms. The highest BCUT2D eigenvalue weighted by molar-refractivity contribution is 6.15. The number of aromatic nitrogens is 1. The minimum absolute atomic E-state index is 0.0203. The van der Waals surface area contributed by atoms with Crippen molar-refractivity contribution in [2.24, 2.45) is 5.92 Å². The SMILES string of the molecule is C=CC=C.CC(C)C.CCc1ccccc1.CN(c1ccc(-c2ccc(-c3ccc(-n4c5ccccc5c5cc(-c6ccccc6)cc(-c6ccccc6)c54)cc3)cc2)cc1)c1ccc2c(c1)C(C)(C)c1ccccc1-2.Cc1ccccc1. The van der Waals surface area contributed by atoms with E-state index in [0.29, 0.717) is 0 Å². The Bertz CT molecular complexity index is 4010. The monoisotopic (exact) mass is 1080 g/mol. The molecular formula is C81H78N2. The van der Waals surface area contributed by atoms with Crippen LogP contribution in [-0.2, 0) is 11.8 Å². The molecular weight excluding hydrogens is 1000 g/mol. The highest BCUT2D eigenvalue weighted by atomic mass is 15.1. The Balaban J connectivity index is 0.000000302. The van der Waals surface area contributed by atoms with Crippen LogP contribution in [0, 0.1) is 12.8 Å². The molecule has 0 bridgehead atoms. The molecule has 0 radical (unpaired) electrons. The number of fused-ring (bicyclic) bond motifs is 6. The van der Waals surface area contributed by atoms with Crippen LogP contribution in [0.15, 0.2) is 298 Å². The van der Waals surface area contributed by atoms with Gasteiger partial charge < -0.3 is 9.47 Å². The third-order valence-corrected chi connectivity index (χ3v) is 15.2. The zero-order valence-electron chi connectivity index (χ0n) is 49.7. The first-order valence-electron chi connectivity index (χ1n) is 29.2. The van der Waals surface area contributed by atoms with Crippen molar-refractivity contribution in [2.45, 2.75) is 60.3 Å². The standard InChI is InChI=1S/C58H44N2.C8H10.C7H8.C4H10.C4H6/c1-58(2)54-20-12-10-18-49(54)50-35-34-48(38-55(50)58)59(3)46-30-26-42(27-31-46)40-22-24-41(25-23-40)43-28-32-47(33-29-43)60-56-21-13-11-19-51(56)53-37-45(39-14-6-4-7-15-39)36-52(57(53)60)44-16-8-5-9-17-44;1-2-8-6-4-3-5-7-8;1-7-5-3-2-4-6-7;1-4(2)3;1-3-4-2/h4-38H,1-3H3;3-7H,2H2,1H3;2-6H,1H3;4H,1-3H3;3-4H,1-2H2. The summed E-state index contributed by atoms with van der Waals surface area (Å²) in [5, 5.41) is 2.50. The third kappa shape index (κ3) is 13.6. The average Bonchev–Trinajstić information content (AvgIpc) is 4.24. The van der Waals surface area contributed by atoms with E-state index in [1.807, 2.05) is 24.3 Å². The van der Waals surface area contributed by atoms with E-state index in [4.69, 9.17) is 0 Å². The molecule has 0 saturated carbocycles. The van der Waals surface area contributed by atoms with Crippen LogP contribution < -0.4 is 4.90 Å². The van der Waals surface area contributed by atoms with E-state index in [-0.39, 0.29) is 5.41 Å². The fourth-order valence-electron chi connectivity index (χ4n) is 10.8. The van der Waals surface area contributed by atoms with Crippen LogP contribution in [0.2, 0.25) is 0 Å². The first kappa shape index (κ1) is 58.2. The van der Waals surface area contributed by atoms with Gasteiger partial charge >= 0.3 is 0 Å². The van der Waals surface area contributed by atoms with E-state index in [1.165, 1.54) is 111 Å². The molecule has 0 unspecified atom stereocenters. The zero-order valence-corrected chi connectivity index (χ0v) is 49.7. The second-order valence-corrected chi connectivity index (χ2v) is 22.3. The smallest absolute Gasteiger partial charge is 0.0619 e. The molecule has 412 valence electrons. The zero-order chi connectivity index (χ0) is 58.3. The van der Waals surface area contributed by atoms with Gasteiger partial charge in [0.15, 0.2) is 0 Å². The van der Waals surface area contributed by atoms with Crippen molar-refractivity contribution in [1.82, 2.24) is 4.57 Å². The number of aryl methyl sites for hydroxylation is 2. The van der Waals surface area contributed by atoms with Crippen molar-refractivity contribution in [1.29, 1.82) is 0 Å². The summed E-state index contributed by atoms with van der Waals surface area (Å²) in [6, 6.07) is 98.5. The molecule has 0 spiro atoms. The van der Waals surface area contributed by atoms with Gasteiger partial charge in [-0.25, -0.2) is 0 Å². The van der Waals surface area contributed by atoms with Gasteiger partial charge in [0.2, 0.25) is 0 Å². The molecule has 0 N–H and O–H groups in total. The molecule has 83 heavy (non-hydrogen) atoms. The summed E-state index contributed by atoms with van der Waals surface area (Å²) in [7, 11) is 2.16. The maximum atomic E-state index is 3.36. The van der Waals surface area contributed by atoms with Crippen LogP contribution in [0.5, 0.6) is 0 Å². The van der Waals surface area contributed by atoms with E-state index in [9.17, 15) is 0 Å². The molecule has 1 aliphatic rings. The Morgan fingerprint density at radius 2 is 0.867 bits per heavy atom. The Morgan fingerprint density at radius 1 is 0.422 bits per heavy atom. The van der Waals surface area contributed by atoms with E-state index in [1.54, 1.807) is 12.2 Å². The Morgan fingerprint density at radius 3 is 1.40 bits per heavy atom. The van der Waals surface area contributed by atoms with Crippen LogP contribution in [0.3, 0.4) is 0 Å². The lowest BCUT2D eigenvalue weighted by atomic mass is 9.82. The predicted molar refractivity (Wildman–Crippen MR) is 362 cm³/mol. The molecule has 12 aromatic rings. The van der Waals surface area contributed by atoms with Crippen LogP contribution in [0.1, 0.15) is 63.8 Å². The summed E-state index contributed by atoms with van der Waals surface area (Å²) in [6.45, 7) is 22.1. The van der Waals surface area contributed by atoms with Gasteiger partial charge in [0.1, 0.15) is 0 Å². The number of allylic oxidation sites excluding steroid dienone is 2. The number of anilines is 2. The van der Waals surface area contributed by atoms with Gasteiger partial charge in [0.25, 0.3) is 0 Å². The predicted octanol–water partition coefficient (Wildman–Crippen LogP) is 22.8. The van der Waals surface area contributed by atoms with Gasteiger partial charge in [-0.05, 0) is 141 Å². The van der Waals surface area contributed by atoms with Crippen LogP contribution in [0.4, 0.5) is 11.4 Å². The van der Waals surface area contributed by atoms with E-state index in [0.717, 1.165) is 18.0 Å². The van der Waals surface area contributed by atoms with Crippen molar-refractivity contribution in [3.05, 3.63) is 321 Å². The van der Waals surface area contributed by atoms with E-state index in [2.05, 4.69) is 327 Å². The van der Waals surface area contributed by atoms with Crippen LogP contribution in [-0.4, -0.2) is 11.6 Å². The lowest BCUT2D eigenvalue weighted by molar-refractivity contribution is 0.660. The van der Waals surface area contributed by atoms with Crippen molar-refractivity contribution in [2.75, 3.05) is 11.9 Å². The average molecular weight is 1080 g/mol. The fourth-order valence-corrected chi connectivity index (χ4v) is 10.8. The van der Waals surface area contributed by atoms with Crippen molar-refractivity contribution < 1.29 is 0 Å². The molecule has 1 heterocycles. The Hall–Kier alpha value is -9.50. The molecule has 1 aliphatic carbocycles. The van der Waals surface area contributed by atoms with Crippen molar-refractivity contribution in [3.63, 3.8) is 0 Å². The molecule has 11 aromatic carbocycles. The second kappa shape index (κ2) is 27.3. The summed E-state index contributed by atoms with van der Waals surface area (Å²) in [4.78, 5) is 2.29. The number of hydrogen-bond donors (Lipinski definition) is 0. The van der Waals surface area contributed by atoms with Gasteiger partial charge in [-0.3, -0.25) is 0 Å². The lowest BCUT2D eigenvalue weighted by Crippen LogP contribution is -2.16. The second-order valence-electron chi connectivity index (χ2n) is 22.3. The maximum absolute atomic E-state index is 3.36. The van der Waals surface area contributed by atoms with Gasteiger partial charge in [0, 0.05) is 45.9 Å². The highest BCUT2D eigenvalue weighted by Crippen LogP contribution is 2.50. The first-order valence-corrected chi connectivity index (χ1v) is 29.2. The summed E-state index contributed by atoms with van der Waals surface area (Å²) >= 11 is 0. The van der Waals surface area contributed by atoms with Crippen molar-refractivity contribution >= 4 is 33.2 Å². The number of benzene rings is 11. The highest BCUT2D eigenvalue weighted by Gasteiger charge is 2.35. The number of rotatable bonds is 9. The Kier molecular flexibility index (Phi) is 19.1. The van der Waals surface area contributed by atoms with Gasteiger partial charge in [-0.1, -0.05) is 291 Å². The fraction of sp³-hybridized carbons (Fsp3) is 0.136. The summed E-state index contributed by atoms with van der Waals surface area (Å²) in [6.07, 6.45) is 4.42. The molecule has 1 aromatic heterocycles. The molecule has 0 aliphatic heterocycles. The first-order chi connectivity index (χ1) is 40.4. The summed E-state index contributed by atoms with van der Waals surface area (Å²) < 4.78 is 2.44. The molecule has 13 rings (SSSR count). The third-order valence-electron chi connectivity index (χ3n) is 15.2. The summed E-state index contributed by atoms with van der Waals surface area (Å²) in [5.74, 6) is 0.833. The topological polar surface area (TPSA) is 8.17 Å². The largest absolute Gasteiger partial charge is 0.345 e. The number of hydrogen-bond acceptors (Lipinski definition) is 1. The van der Waals surface area contributed by atoms with Crippen LogP contribution in [0.25, 0.3) is 83.1 Å².